The second-order valence-electron chi connectivity index (χ2n) is 4.53. The molecule has 94 valence electrons. The van der Waals surface area contributed by atoms with Gasteiger partial charge in [0.15, 0.2) is 0 Å². The first kappa shape index (κ1) is 12.0. The van der Waals surface area contributed by atoms with E-state index in [2.05, 4.69) is 27.7 Å². The first-order valence-corrected chi connectivity index (χ1v) is 7.06. The van der Waals surface area contributed by atoms with Gasteiger partial charge in [-0.1, -0.05) is 0 Å². The van der Waals surface area contributed by atoms with Gasteiger partial charge < -0.3 is 5.73 Å². The smallest absolute Gasteiger partial charge is 0.149 e. The Bertz CT molecular complexity index is 607. The van der Waals surface area contributed by atoms with Crippen molar-refractivity contribution in [3.63, 3.8) is 0 Å². The third-order valence-corrected chi connectivity index (χ3v) is 4.21. The zero-order valence-corrected chi connectivity index (χ0v) is 11.9. The highest BCUT2D eigenvalue weighted by Gasteiger charge is 2.20. The summed E-state index contributed by atoms with van der Waals surface area (Å²) < 4.78 is 15.9. The van der Waals surface area contributed by atoms with Crippen LogP contribution in [-0.4, -0.2) is 9.78 Å². The third kappa shape index (κ3) is 1.90. The number of nitrogens with zero attached hydrogens (tertiary/aromatic N) is 2. The summed E-state index contributed by atoms with van der Waals surface area (Å²) in [5.41, 5.74) is 9.23. The number of fused-ring (bicyclic) bond motifs is 1. The molecular weight excluding hydrogens is 344 g/mol. The fourth-order valence-electron chi connectivity index (χ4n) is 2.48. The molecule has 2 aromatic rings. The Morgan fingerprint density at radius 2 is 2.06 bits per heavy atom. The molecule has 5 heteroatoms. The maximum atomic E-state index is 13.1. The van der Waals surface area contributed by atoms with E-state index in [-0.39, 0.29) is 5.82 Å². The van der Waals surface area contributed by atoms with E-state index in [0.717, 1.165) is 28.5 Å². The molecule has 0 saturated carbocycles. The molecule has 1 aliphatic carbocycles. The van der Waals surface area contributed by atoms with Crippen LogP contribution in [0.5, 0.6) is 0 Å². The summed E-state index contributed by atoms with van der Waals surface area (Å²) in [6.07, 6.45) is 4.32. The van der Waals surface area contributed by atoms with Crippen molar-refractivity contribution in [1.82, 2.24) is 9.78 Å². The topological polar surface area (TPSA) is 43.8 Å². The van der Waals surface area contributed by atoms with E-state index < -0.39 is 0 Å². The van der Waals surface area contributed by atoms with E-state index in [1.54, 1.807) is 6.07 Å². The summed E-state index contributed by atoms with van der Waals surface area (Å²) in [6, 6.07) is 4.74. The molecule has 0 bridgehead atoms. The van der Waals surface area contributed by atoms with Gasteiger partial charge in [0, 0.05) is 14.8 Å². The van der Waals surface area contributed by atoms with Crippen molar-refractivity contribution in [3.05, 3.63) is 38.8 Å². The number of halogens is 2. The van der Waals surface area contributed by atoms with Crippen LogP contribution in [0.1, 0.15) is 24.1 Å². The largest absolute Gasteiger partial charge is 0.382 e. The zero-order valence-electron chi connectivity index (χ0n) is 9.79. The molecule has 0 saturated heterocycles. The maximum absolute atomic E-state index is 13.1. The molecule has 0 radical (unpaired) electrons. The van der Waals surface area contributed by atoms with E-state index in [0.29, 0.717) is 5.82 Å². The van der Waals surface area contributed by atoms with Crippen molar-refractivity contribution < 1.29 is 4.39 Å². The first-order chi connectivity index (χ1) is 8.66. The average molecular weight is 357 g/mol. The Kier molecular flexibility index (Phi) is 3.01. The van der Waals surface area contributed by atoms with Gasteiger partial charge in [-0.3, -0.25) is 0 Å². The van der Waals surface area contributed by atoms with Crippen molar-refractivity contribution in [2.45, 2.75) is 25.7 Å². The number of hydrogen-bond donors (Lipinski definition) is 1. The lowest BCUT2D eigenvalue weighted by molar-refractivity contribution is 0.623. The van der Waals surface area contributed by atoms with E-state index in [9.17, 15) is 4.39 Å². The van der Waals surface area contributed by atoms with Crippen molar-refractivity contribution in [3.8, 4) is 5.69 Å². The summed E-state index contributed by atoms with van der Waals surface area (Å²) >= 11 is 2.13. The summed E-state index contributed by atoms with van der Waals surface area (Å²) in [5.74, 6) is 0.391. The summed E-state index contributed by atoms with van der Waals surface area (Å²) in [6.45, 7) is 0. The van der Waals surface area contributed by atoms with Crippen LogP contribution >= 0.6 is 22.6 Å². The fraction of sp³-hybridized carbons (Fsp3) is 0.308. The van der Waals surface area contributed by atoms with Crippen LogP contribution < -0.4 is 5.73 Å². The molecule has 1 aromatic heterocycles. The van der Waals surface area contributed by atoms with E-state index in [1.165, 1.54) is 29.8 Å². The molecule has 2 N–H and O–H groups in total. The number of hydrogen-bond acceptors (Lipinski definition) is 2. The molecule has 0 atom stereocenters. The Morgan fingerprint density at radius 3 is 2.83 bits per heavy atom. The highest BCUT2D eigenvalue weighted by atomic mass is 127. The molecule has 0 fully saturated rings. The number of benzene rings is 1. The SMILES string of the molecule is Nc1nn(-c2ccc(F)cc2I)c2c1CCCC2. The molecule has 0 unspecified atom stereocenters. The lowest BCUT2D eigenvalue weighted by Crippen LogP contribution is -2.09. The van der Waals surface area contributed by atoms with Crippen LogP contribution in [0, 0.1) is 9.39 Å². The summed E-state index contributed by atoms with van der Waals surface area (Å²) in [7, 11) is 0. The van der Waals surface area contributed by atoms with Crippen LogP contribution in [-0.2, 0) is 12.8 Å². The molecule has 1 aliphatic rings. The van der Waals surface area contributed by atoms with Crippen LogP contribution in [0.3, 0.4) is 0 Å². The van der Waals surface area contributed by atoms with Crippen molar-refractivity contribution >= 4 is 28.4 Å². The van der Waals surface area contributed by atoms with Gasteiger partial charge in [0.25, 0.3) is 0 Å². The Hall–Kier alpha value is -1.11. The summed E-state index contributed by atoms with van der Waals surface area (Å²) in [5, 5.41) is 4.42. The van der Waals surface area contributed by atoms with Gasteiger partial charge in [0.2, 0.25) is 0 Å². The van der Waals surface area contributed by atoms with Gasteiger partial charge in [0.1, 0.15) is 11.6 Å². The molecule has 0 amide bonds. The minimum atomic E-state index is -0.225. The van der Waals surface area contributed by atoms with Crippen LogP contribution in [0.4, 0.5) is 10.2 Å². The highest BCUT2D eigenvalue weighted by Crippen LogP contribution is 2.29. The standard InChI is InChI=1S/C13H13FIN3/c14-8-5-6-12(10(15)7-8)18-11-4-2-1-3-9(11)13(16)17-18/h5-7H,1-4H2,(H2,16,17). The van der Waals surface area contributed by atoms with Crippen LogP contribution in [0.25, 0.3) is 5.69 Å². The molecule has 3 nitrogen and oxygen atoms in total. The lowest BCUT2D eigenvalue weighted by Gasteiger charge is -2.14. The number of rotatable bonds is 1. The quantitative estimate of drug-likeness (QED) is 0.798. The average Bonchev–Trinajstić information content (AvgIpc) is 2.68. The summed E-state index contributed by atoms with van der Waals surface area (Å²) in [4.78, 5) is 0. The number of anilines is 1. The van der Waals surface area contributed by atoms with E-state index in [1.807, 2.05) is 4.68 Å². The molecule has 0 spiro atoms. The van der Waals surface area contributed by atoms with Gasteiger partial charge in [-0.15, -0.1) is 0 Å². The van der Waals surface area contributed by atoms with Crippen molar-refractivity contribution in [2.75, 3.05) is 5.73 Å². The molecular formula is C13H13FIN3. The number of aromatic nitrogens is 2. The van der Waals surface area contributed by atoms with E-state index >= 15 is 0 Å². The van der Waals surface area contributed by atoms with Crippen molar-refractivity contribution in [2.24, 2.45) is 0 Å². The van der Waals surface area contributed by atoms with Crippen LogP contribution in [0.2, 0.25) is 0 Å². The minimum absolute atomic E-state index is 0.225. The number of nitrogens with two attached hydrogens (primary N) is 1. The highest BCUT2D eigenvalue weighted by molar-refractivity contribution is 14.1. The fourth-order valence-corrected chi connectivity index (χ4v) is 3.19. The number of nitrogen functional groups attached to an aromatic ring is 1. The molecule has 0 aliphatic heterocycles. The normalized spacial score (nSPS) is 14.6. The van der Waals surface area contributed by atoms with Gasteiger partial charge in [-0.2, -0.15) is 5.10 Å². The maximum Gasteiger partial charge on any atom is 0.149 e. The zero-order chi connectivity index (χ0) is 12.7. The molecule has 1 heterocycles. The second-order valence-corrected chi connectivity index (χ2v) is 5.69. The molecule has 1 aromatic carbocycles. The Balaban J connectivity index is 2.17. The van der Waals surface area contributed by atoms with Crippen molar-refractivity contribution in [1.29, 1.82) is 0 Å². The lowest BCUT2D eigenvalue weighted by atomic mass is 9.97. The van der Waals surface area contributed by atoms with E-state index in [4.69, 9.17) is 5.73 Å². The molecule has 3 rings (SSSR count). The minimum Gasteiger partial charge on any atom is -0.382 e. The molecule has 18 heavy (non-hydrogen) atoms. The predicted molar refractivity (Wildman–Crippen MR) is 77.3 cm³/mol. The predicted octanol–water partition coefficient (Wildman–Crippen LogP) is 3.08. The monoisotopic (exact) mass is 357 g/mol. The van der Waals surface area contributed by atoms with Gasteiger partial charge in [-0.25, -0.2) is 9.07 Å². The third-order valence-electron chi connectivity index (χ3n) is 3.35. The van der Waals surface area contributed by atoms with Gasteiger partial charge in [0.05, 0.1) is 5.69 Å². The van der Waals surface area contributed by atoms with Gasteiger partial charge >= 0.3 is 0 Å². The second kappa shape index (κ2) is 4.53. The Morgan fingerprint density at radius 1 is 1.28 bits per heavy atom. The first-order valence-electron chi connectivity index (χ1n) is 5.98. The van der Waals surface area contributed by atoms with Crippen LogP contribution in [0.15, 0.2) is 18.2 Å². The van der Waals surface area contributed by atoms with Gasteiger partial charge in [-0.05, 0) is 66.5 Å². The Labute approximate surface area is 118 Å².